The van der Waals surface area contributed by atoms with Gasteiger partial charge in [0, 0.05) is 19.1 Å². The second-order valence-electron chi connectivity index (χ2n) is 8.36. The lowest BCUT2D eigenvalue weighted by molar-refractivity contribution is -0.143. The lowest BCUT2D eigenvalue weighted by atomic mass is 9.69. The van der Waals surface area contributed by atoms with Crippen LogP contribution in [0.1, 0.15) is 32.1 Å². The van der Waals surface area contributed by atoms with E-state index >= 15 is 0 Å². The molecule has 0 amide bonds. The average molecular weight is 404 g/mol. The van der Waals surface area contributed by atoms with Crippen LogP contribution in [0.2, 0.25) is 0 Å². The molecule has 27 heavy (non-hydrogen) atoms. The Morgan fingerprint density at radius 2 is 1.85 bits per heavy atom. The summed E-state index contributed by atoms with van der Waals surface area (Å²) in [5.74, 6) is -0.574. The zero-order valence-corrected chi connectivity index (χ0v) is 16.3. The molecule has 4 N–H and O–H groups in total. The summed E-state index contributed by atoms with van der Waals surface area (Å²) in [6.45, 7) is 1.75. The van der Waals surface area contributed by atoms with Crippen molar-refractivity contribution in [3.8, 4) is 0 Å². The Labute approximate surface area is 159 Å². The summed E-state index contributed by atoms with van der Waals surface area (Å²) in [6, 6.07) is -1.55. The van der Waals surface area contributed by atoms with Crippen LogP contribution >= 0.6 is 0 Å². The molecule has 9 nitrogen and oxygen atoms in total. The Bertz CT molecular complexity index is 684. The first-order valence-electron chi connectivity index (χ1n) is 9.52. The topological polar surface area (TPSA) is 136 Å². The van der Waals surface area contributed by atoms with Gasteiger partial charge in [0.2, 0.25) is 10.0 Å². The Kier molecular flexibility index (Phi) is 6.09. The van der Waals surface area contributed by atoms with Crippen LogP contribution in [0.3, 0.4) is 0 Å². The smallest absolute Gasteiger partial charge is 0.320 e. The molecule has 0 bridgehead atoms. The number of carboxylic acids is 2. The maximum atomic E-state index is 11.6. The van der Waals surface area contributed by atoms with Crippen molar-refractivity contribution in [2.75, 3.05) is 25.9 Å². The van der Waals surface area contributed by atoms with Crippen molar-refractivity contribution >= 4 is 22.0 Å². The fraction of sp³-hybridized carbons (Fsp3) is 0.882. The van der Waals surface area contributed by atoms with E-state index in [0.717, 1.165) is 32.1 Å². The van der Waals surface area contributed by atoms with Crippen LogP contribution in [0.15, 0.2) is 0 Å². The molecule has 3 rings (SSSR count). The summed E-state index contributed by atoms with van der Waals surface area (Å²) in [6.07, 6.45) is 4.90. The zero-order valence-electron chi connectivity index (χ0n) is 15.5. The van der Waals surface area contributed by atoms with Crippen molar-refractivity contribution < 1.29 is 28.2 Å². The van der Waals surface area contributed by atoms with Crippen LogP contribution in [-0.2, 0) is 19.6 Å². The largest absolute Gasteiger partial charge is 0.480 e. The van der Waals surface area contributed by atoms with Crippen molar-refractivity contribution in [3.05, 3.63) is 0 Å². The number of piperidine rings is 1. The number of carbonyl (C=O) groups is 2. The molecule has 0 unspecified atom stereocenters. The van der Waals surface area contributed by atoms with E-state index in [9.17, 15) is 28.2 Å². The number of aliphatic carboxylic acids is 2. The molecule has 0 aromatic rings. The minimum absolute atomic E-state index is 0.270. The maximum absolute atomic E-state index is 11.6. The number of sulfonamides is 1. The van der Waals surface area contributed by atoms with Gasteiger partial charge in [-0.3, -0.25) is 14.5 Å². The number of hydrogen-bond acceptors (Lipinski definition) is 6. The monoisotopic (exact) mass is 403 g/mol. The van der Waals surface area contributed by atoms with Crippen LogP contribution in [0.5, 0.6) is 0 Å². The predicted octanol–water partition coefficient (Wildman–Crippen LogP) is -0.458. The van der Waals surface area contributed by atoms with Gasteiger partial charge < -0.3 is 15.5 Å². The Hall–Kier alpha value is -1.23. The summed E-state index contributed by atoms with van der Waals surface area (Å²) in [5, 5.41) is 21.9. The Morgan fingerprint density at radius 3 is 2.48 bits per heavy atom. The highest BCUT2D eigenvalue weighted by Gasteiger charge is 2.42. The number of nitrogens with zero attached hydrogens (tertiary/aromatic N) is 1. The second-order valence-corrected chi connectivity index (χ2v) is 10.1. The predicted molar refractivity (Wildman–Crippen MR) is 97.7 cm³/mol. The molecule has 0 spiro atoms. The molecule has 0 aromatic carbocycles. The third-order valence-corrected chi connectivity index (χ3v) is 7.03. The van der Waals surface area contributed by atoms with Crippen molar-refractivity contribution in [2.24, 2.45) is 17.8 Å². The summed E-state index contributed by atoms with van der Waals surface area (Å²) in [7, 11) is -3.38. The highest BCUT2D eigenvalue weighted by Crippen LogP contribution is 2.39. The molecule has 0 radical (unpaired) electrons. The van der Waals surface area contributed by atoms with Gasteiger partial charge in [0.15, 0.2) is 0 Å². The van der Waals surface area contributed by atoms with E-state index in [4.69, 9.17) is 0 Å². The Morgan fingerprint density at radius 1 is 1.11 bits per heavy atom. The van der Waals surface area contributed by atoms with Crippen LogP contribution in [-0.4, -0.2) is 79.5 Å². The SMILES string of the molecule is CS(=O)(=O)N[C@H]1C[C@@H](C(=O)O)N(C[C@H]2CC[C@H]3CN[C@H](C(=O)O)C[C@H]3C2)C1. The van der Waals surface area contributed by atoms with E-state index in [-0.39, 0.29) is 12.5 Å². The summed E-state index contributed by atoms with van der Waals surface area (Å²) < 4.78 is 25.5. The van der Waals surface area contributed by atoms with Gasteiger partial charge in [0.1, 0.15) is 12.1 Å². The van der Waals surface area contributed by atoms with Crippen LogP contribution in [0.25, 0.3) is 0 Å². The van der Waals surface area contributed by atoms with Gasteiger partial charge >= 0.3 is 11.9 Å². The average Bonchev–Trinajstić information content (AvgIpc) is 2.94. The first-order chi connectivity index (χ1) is 12.6. The number of carboxylic acid groups (broad SMARTS) is 2. The molecular weight excluding hydrogens is 374 g/mol. The second kappa shape index (κ2) is 8.02. The summed E-state index contributed by atoms with van der Waals surface area (Å²) >= 11 is 0. The van der Waals surface area contributed by atoms with E-state index < -0.39 is 34.0 Å². The number of nitrogens with one attached hydrogen (secondary N) is 2. The molecular formula is C17H29N3O6S. The van der Waals surface area contributed by atoms with Crippen LogP contribution in [0, 0.1) is 17.8 Å². The molecule has 10 heteroatoms. The van der Waals surface area contributed by atoms with Crippen molar-refractivity contribution in [3.63, 3.8) is 0 Å². The summed E-state index contributed by atoms with van der Waals surface area (Å²) in [5.41, 5.74) is 0. The minimum atomic E-state index is -3.38. The van der Waals surface area contributed by atoms with E-state index in [1.54, 1.807) is 0 Å². The molecule has 1 aliphatic carbocycles. The quantitative estimate of drug-likeness (QED) is 0.468. The minimum Gasteiger partial charge on any atom is -0.480 e. The van der Waals surface area contributed by atoms with E-state index in [1.807, 2.05) is 4.90 Å². The maximum Gasteiger partial charge on any atom is 0.320 e. The lowest BCUT2D eigenvalue weighted by Crippen LogP contribution is -2.50. The van der Waals surface area contributed by atoms with E-state index in [0.29, 0.717) is 37.3 Å². The lowest BCUT2D eigenvalue weighted by Gasteiger charge is -2.42. The van der Waals surface area contributed by atoms with E-state index in [2.05, 4.69) is 10.0 Å². The molecule has 3 aliphatic rings. The van der Waals surface area contributed by atoms with Gasteiger partial charge in [-0.25, -0.2) is 13.1 Å². The zero-order chi connectivity index (χ0) is 19.8. The van der Waals surface area contributed by atoms with Gasteiger partial charge in [0.05, 0.1) is 6.26 Å². The highest BCUT2D eigenvalue weighted by atomic mass is 32.2. The molecule has 154 valence electrons. The van der Waals surface area contributed by atoms with Gasteiger partial charge in [-0.05, 0) is 56.4 Å². The number of fused-ring (bicyclic) bond motifs is 1. The van der Waals surface area contributed by atoms with Crippen molar-refractivity contribution in [1.82, 2.24) is 14.9 Å². The number of likely N-dealkylation sites (tertiary alicyclic amines) is 1. The fourth-order valence-corrected chi connectivity index (χ4v) is 5.87. The fourth-order valence-electron chi connectivity index (χ4n) is 5.10. The first-order valence-corrected chi connectivity index (χ1v) is 11.4. The summed E-state index contributed by atoms with van der Waals surface area (Å²) in [4.78, 5) is 24.8. The normalized spacial score (nSPS) is 37.7. The van der Waals surface area contributed by atoms with Crippen LogP contribution in [0.4, 0.5) is 0 Å². The van der Waals surface area contributed by atoms with Gasteiger partial charge in [0.25, 0.3) is 0 Å². The van der Waals surface area contributed by atoms with Gasteiger partial charge in [-0.1, -0.05) is 0 Å². The number of rotatable bonds is 6. The third kappa shape index (κ3) is 5.18. The highest BCUT2D eigenvalue weighted by molar-refractivity contribution is 7.88. The molecule has 2 saturated heterocycles. The molecule has 2 heterocycles. The van der Waals surface area contributed by atoms with E-state index in [1.165, 1.54) is 0 Å². The molecule has 2 aliphatic heterocycles. The molecule has 3 fully saturated rings. The third-order valence-electron chi connectivity index (χ3n) is 6.27. The van der Waals surface area contributed by atoms with Crippen molar-refractivity contribution in [1.29, 1.82) is 0 Å². The Balaban J connectivity index is 1.60. The van der Waals surface area contributed by atoms with Crippen LogP contribution < -0.4 is 10.0 Å². The van der Waals surface area contributed by atoms with Crippen molar-refractivity contribution in [2.45, 2.75) is 50.2 Å². The molecule has 0 aromatic heterocycles. The number of hydrogen-bond donors (Lipinski definition) is 4. The standard InChI is InChI=1S/C17H29N3O6S/c1-27(25,26)19-13-6-15(17(23)24)20(9-13)8-10-2-3-11-7-18-14(16(21)22)5-12(11)4-10/h10-15,18-19H,2-9H2,1H3,(H,21,22)(H,23,24)/t10-,11-,12+,13-,14-,15-/m0/s1. The molecule has 1 saturated carbocycles. The van der Waals surface area contributed by atoms with Gasteiger partial charge in [-0.15, -0.1) is 0 Å². The molecule has 6 atom stereocenters. The first kappa shape index (κ1) is 20.5. The van der Waals surface area contributed by atoms with Gasteiger partial charge in [-0.2, -0.15) is 0 Å².